The zero-order valence-corrected chi connectivity index (χ0v) is 9.35. The molecule has 1 N–H and O–H groups in total. The second-order valence-electron chi connectivity index (χ2n) is 4.13. The summed E-state index contributed by atoms with van der Waals surface area (Å²) in [7, 11) is 0. The van der Waals surface area contributed by atoms with E-state index < -0.39 is 6.10 Å². The molecule has 0 heterocycles. The molecule has 0 bridgehead atoms. The van der Waals surface area contributed by atoms with E-state index >= 15 is 0 Å². The quantitative estimate of drug-likeness (QED) is 0.792. The largest absolute Gasteiger partial charge is 0.462 e. The van der Waals surface area contributed by atoms with Crippen LogP contribution in [0.25, 0.3) is 0 Å². The Morgan fingerprint density at radius 3 is 2.94 bits per heavy atom. The predicted molar refractivity (Wildman–Crippen MR) is 60.1 cm³/mol. The van der Waals surface area contributed by atoms with Gasteiger partial charge in [-0.1, -0.05) is 12.1 Å². The first kappa shape index (κ1) is 11.1. The normalized spacial score (nSPS) is 16.9. The Balaban J connectivity index is 2.15. The fraction of sp³-hybridized carbons (Fsp3) is 0.462. The van der Waals surface area contributed by atoms with Crippen LogP contribution in [-0.2, 0) is 4.74 Å². The van der Waals surface area contributed by atoms with Gasteiger partial charge in [0.25, 0.3) is 0 Å². The first-order valence-electron chi connectivity index (χ1n) is 5.67. The summed E-state index contributed by atoms with van der Waals surface area (Å²) in [6.07, 6.45) is 1.71. The van der Waals surface area contributed by atoms with Gasteiger partial charge in [-0.05, 0) is 43.4 Å². The monoisotopic (exact) mass is 220 g/mol. The summed E-state index contributed by atoms with van der Waals surface area (Å²) in [5, 5.41) is 9.94. The Morgan fingerprint density at radius 2 is 2.31 bits per heavy atom. The zero-order valence-electron chi connectivity index (χ0n) is 9.35. The zero-order chi connectivity index (χ0) is 11.5. The number of benzene rings is 1. The van der Waals surface area contributed by atoms with E-state index in [9.17, 15) is 9.90 Å². The van der Waals surface area contributed by atoms with E-state index in [-0.39, 0.29) is 5.97 Å². The number of hydrogen-bond donors (Lipinski definition) is 1. The van der Waals surface area contributed by atoms with Crippen molar-refractivity contribution in [2.75, 3.05) is 6.61 Å². The third kappa shape index (κ3) is 2.42. The van der Waals surface area contributed by atoms with Crippen molar-refractivity contribution >= 4 is 5.97 Å². The highest BCUT2D eigenvalue weighted by Crippen LogP contribution is 2.40. The summed E-state index contributed by atoms with van der Waals surface area (Å²) in [4.78, 5) is 11.5. The van der Waals surface area contributed by atoms with E-state index in [1.165, 1.54) is 0 Å². The molecule has 0 radical (unpaired) electrons. The molecular formula is C13H16O3. The number of carbonyl (C=O) groups is 1. The summed E-state index contributed by atoms with van der Waals surface area (Å²) >= 11 is 0. The van der Waals surface area contributed by atoms with Crippen molar-refractivity contribution in [2.24, 2.45) is 5.92 Å². The van der Waals surface area contributed by atoms with Gasteiger partial charge in [-0.3, -0.25) is 0 Å². The van der Waals surface area contributed by atoms with Gasteiger partial charge >= 0.3 is 5.97 Å². The smallest absolute Gasteiger partial charge is 0.338 e. The van der Waals surface area contributed by atoms with Gasteiger partial charge in [-0.25, -0.2) is 4.79 Å². The van der Waals surface area contributed by atoms with Gasteiger partial charge in [0.2, 0.25) is 0 Å². The highest BCUT2D eigenvalue weighted by Gasteiger charge is 2.30. The van der Waals surface area contributed by atoms with E-state index in [1.807, 2.05) is 6.07 Å². The molecule has 0 aromatic heterocycles. The summed E-state index contributed by atoms with van der Waals surface area (Å²) in [6.45, 7) is 2.15. The maximum atomic E-state index is 11.5. The van der Waals surface area contributed by atoms with Crippen molar-refractivity contribution in [3.05, 3.63) is 35.4 Å². The Hall–Kier alpha value is -1.35. The predicted octanol–water partition coefficient (Wildman–Crippen LogP) is 2.31. The molecule has 2 rings (SSSR count). The lowest BCUT2D eigenvalue weighted by atomic mass is 10.0. The molecule has 1 aromatic carbocycles. The molecule has 3 nitrogen and oxygen atoms in total. The molecule has 1 unspecified atom stereocenters. The molecule has 1 atom stereocenters. The number of ether oxygens (including phenoxy) is 1. The van der Waals surface area contributed by atoms with Crippen molar-refractivity contribution in [3.63, 3.8) is 0 Å². The minimum atomic E-state index is -0.436. The molecule has 1 aliphatic rings. The lowest BCUT2D eigenvalue weighted by Crippen LogP contribution is -2.06. The standard InChI is InChI=1S/C13H16O3/c1-2-16-13(15)11-5-3-4-10(8-11)12(14)9-6-7-9/h3-5,8-9,12,14H,2,6-7H2,1H3. The third-order valence-corrected chi connectivity index (χ3v) is 2.81. The molecule has 1 aliphatic carbocycles. The molecule has 16 heavy (non-hydrogen) atoms. The Kier molecular flexibility index (Phi) is 3.25. The molecule has 1 aromatic rings. The first-order chi connectivity index (χ1) is 7.72. The Morgan fingerprint density at radius 1 is 1.56 bits per heavy atom. The summed E-state index contributed by atoms with van der Waals surface area (Å²) in [5.74, 6) is 0.0461. The van der Waals surface area contributed by atoms with E-state index in [2.05, 4.69) is 0 Å². The maximum Gasteiger partial charge on any atom is 0.338 e. The fourth-order valence-corrected chi connectivity index (χ4v) is 1.75. The van der Waals surface area contributed by atoms with Crippen LogP contribution < -0.4 is 0 Å². The van der Waals surface area contributed by atoms with Crippen molar-refractivity contribution in [1.82, 2.24) is 0 Å². The van der Waals surface area contributed by atoms with E-state index in [0.717, 1.165) is 18.4 Å². The number of esters is 1. The highest BCUT2D eigenvalue weighted by atomic mass is 16.5. The van der Waals surface area contributed by atoms with Crippen LogP contribution in [0.1, 0.15) is 41.8 Å². The number of carbonyl (C=O) groups excluding carboxylic acids is 1. The van der Waals surface area contributed by atoms with Crippen LogP contribution in [0.2, 0.25) is 0 Å². The van der Waals surface area contributed by atoms with E-state index in [4.69, 9.17) is 4.74 Å². The van der Waals surface area contributed by atoms with Gasteiger partial charge in [0.15, 0.2) is 0 Å². The van der Waals surface area contributed by atoms with Crippen LogP contribution in [0.15, 0.2) is 24.3 Å². The minimum absolute atomic E-state index is 0.327. The van der Waals surface area contributed by atoms with Gasteiger partial charge in [-0.15, -0.1) is 0 Å². The summed E-state index contributed by atoms with van der Waals surface area (Å²) in [5.41, 5.74) is 1.33. The fourth-order valence-electron chi connectivity index (χ4n) is 1.75. The first-order valence-corrected chi connectivity index (χ1v) is 5.67. The van der Waals surface area contributed by atoms with Gasteiger partial charge in [0.1, 0.15) is 0 Å². The molecule has 0 aliphatic heterocycles. The minimum Gasteiger partial charge on any atom is -0.462 e. The third-order valence-electron chi connectivity index (χ3n) is 2.81. The van der Waals surface area contributed by atoms with Crippen LogP contribution in [0, 0.1) is 5.92 Å². The number of rotatable bonds is 4. The molecule has 1 saturated carbocycles. The van der Waals surface area contributed by atoms with Gasteiger partial charge in [0, 0.05) is 0 Å². The lowest BCUT2D eigenvalue weighted by molar-refractivity contribution is 0.0526. The summed E-state index contributed by atoms with van der Waals surface area (Å²) in [6, 6.07) is 7.07. The molecule has 1 fully saturated rings. The van der Waals surface area contributed by atoms with E-state index in [1.54, 1.807) is 25.1 Å². The number of aliphatic hydroxyl groups is 1. The average molecular weight is 220 g/mol. The van der Waals surface area contributed by atoms with Gasteiger partial charge in [-0.2, -0.15) is 0 Å². The highest BCUT2D eigenvalue weighted by molar-refractivity contribution is 5.89. The van der Waals surface area contributed by atoms with Crippen molar-refractivity contribution in [2.45, 2.75) is 25.9 Å². The SMILES string of the molecule is CCOC(=O)c1cccc(C(O)C2CC2)c1. The van der Waals surface area contributed by atoms with Crippen molar-refractivity contribution in [3.8, 4) is 0 Å². The van der Waals surface area contributed by atoms with Crippen LogP contribution in [-0.4, -0.2) is 17.7 Å². The maximum absolute atomic E-state index is 11.5. The Bertz CT molecular complexity index is 383. The van der Waals surface area contributed by atoms with Crippen LogP contribution >= 0.6 is 0 Å². The second-order valence-corrected chi connectivity index (χ2v) is 4.13. The number of hydrogen-bond acceptors (Lipinski definition) is 3. The van der Waals surface area contributed by atoms with Crippen LogP contribution in [0.3, 0.4) is 0 Å². The van der Waals surface area contributed by atoms with Crippen LogP contribution in [0.4, 0.5) is 0 Å². The molecule has 0 saturated heterocycles. The summed E-state index contributed by atoms with van der Waals surface area (Å²) < 4.78 is 4.92. The Labute approximate surface area is 95.0 Å². The molecule has 0 spiro atoms. The van der Waals surface area contributed by atoms with Crippen LogP contribution in [0.5, 0.6) is 0 Å². The van der Waals surface area contributed by atoms with Gasteiger partial charge in [0.05, 0.1) is 18.3 Å². The lowest BCUT2D eigenvalue weighted by Gasteiger charge is -2.10. The van der Waals surface area contributed by atoms with Crippen molar-refractivity contribution < 1.29 is 14.6 Å². The van der Waals surface area contributed by atoms with E-state index in [0.29, 0.717) is 18.1 Å². The topological polar surface area (TPSA) is 46.5 Å². The molecular weight excluding hydrogens is 204 g/mol. The van der Waals surface area contributed by atoms with Gasteiger partial charge < -0.3 is 9.84 Å². The molecule has 3 heteroatoms. The second kappa shape index (κ2) is 4.66. The molecule has 0 amide bonds. The molecule has 86 valence electrons. The van der Waals surface area contributed by atoms with Crippen molar-refractivity contribution in [1.29, 1.82) is 0 Å². The average Bonchev–Trinajstić information content (AvgIpc) is 3.12. The number of aliphatic hydroxyl groups excluding tert-OH is 1.